The molecule has 1 fully saturated rings. The number of anilines is 1. The molecule has 3 heterocycles. The quantitative estimate of drug-likeness (QED) is 0.462. The maximum atomic E-state index is 13.2. The van der Waals surface area contributed by atoms with Gasteiger partial charge in [-0.15, -0.1) is 10.2 Å². The van der Waals surface area contributed by atoms with E-state index in [9.17, 15) is 9.59 Å². The van der Waals surface area contributed by atoms with Crippen LogP contribution in [0.25, 0.3) is 11.4 Å². The fourth-order valence-corrected chi connectivity index (χ4v) is 4.62. The lowest BCUT2D eigenvalue weighted by Gasteiger charge is -2.40. The van der Waals surface area contributed by atoms with Crippen molar-refractivity contribution < 1.29 is 19.1 Å². The van der Waals surface area contributed by atoms with Crippen LogP contribution in [0.1, 0.15) is 18.7 Å². The Morgan fingerprint density at radius 1 is 0.971 bits per heavy atom. The van der Waals surface area contributed by atoms with Gasteiger partial charge in [0.1, 0.15) is 18.5 Å². The summed E-state index contributed by atoms with van der Waals surface area (Å²) in [5, 5.41) is 8.85. The van der Waals surface area contributed by atoms with Gasteiger partial charge in [0.2, 0.25) is 5.95 Å². The number of urea groups is 1. The van der Waals surface area contributed by atoms with Crippen molar-refractivity contribution in [2.24, 2.45) is 0 Å². The number of rotatable bonds is 8. The normalized spacial score (nSPS) is 19.2. The largest absolute Gasteiger partial charge is 0.489 e. The van der Waals surface area contributed by atoms with Gasteiger partial charge in [-0.1, -0.05) is 30.3 Å². The standard InChI is InChI=1S/C25H28N6O4/c1-4-34-15-14-30-20-22(28(2)25(33)29(3)23(20)32)31-21(26-27-24(30)31)18-10-12-19(13-11-18)35-16-17-8-6-5-7-9-17/h5-13,20,22H,4,14-16H2,1-3H3. The van der Waals surface area contributed by atoms with Gasteiger partial charge in [-0.05, 0) is 36.8 Å². The number of amides is 3. The van der Waals surface area contributed by atoms with E-state index in [2.05, 4.69) is 10.2 Å². The summed E-state index contributed by atoms with van der Waals surface area (Å²) in [7, 11) is 3.20. The lowest BCUT2D eigenvalue weighted by atomic mass is 10.1. The second-order valence-corrected chi connectivity index (χ2v) is 8.53. The van der Waals surface area contributed by atoms with E-state index < -0.39 is 12.2 Å². The highest BCUT2D eigenvalue weighted by molar-refractivity contribution is 6.02. The molecule has 0 spiro atoms. The zero-order valence-electron chi connectivity index (χ0n) is 20.0. The van der Waals surface area contributed by atoms with Crippen LogP contribution in [0, 0.1) is 0 Å². The van der Waals surface area contributed by atoms with E-state index in [1.807, 2.05) is 71.0 Å². The molecule has 0 aliphatic carbocycles. The Labute approximate surface area is 203 Å². The van der Waals surface area contributed by atoms with E-state index >= 15 is 0 Å². The third-order valence-electron chi connectivity index (χ3n) is 6.43. The first kappa shape index (κ1) is 22.9. The second kappa shape index (κ2) is 9.38. The van der Waals surface area contributed by atoms with Gasteiger partial charge in [0.05, 0.1) is 6.61 Å². The van der Waals surface area contributed by atoms with Gasteiger partial charge in [0, 0.05) is 32.8 Å². The van der Waals surface area contributed by atoms with Crippen LogP contribution < -0.4 is 9.64 Å². The van der Waals surface area contributed by atoms with Gasteiger partial charge in [-0.25, -0.2) is 4.79 Å². The molecule has 0 saturated carbocycles. The van der Waals surface area contributed by atoms with Gasteiger partial charge >= 0.3 is 6.03 Å². The number of carbonyl (C=O) groups excluding carboxylic acids is 2. The van der Waals surface area contributed by atoms with Crippen molar-refractivity contribution in [2.75, 3.05) is 38.8 Å². The lowest BCUT2D eigenvalue weighted by molar-refractivity contribution is -0.133. The van der Waals surface area contributed by atoms with E-state index in [4.69, 9.17) is 9.47 Å². The fourth-order valence-electron chi connectivity index (χ4n) is 4.62. The van der Waals surface area contributed by atoms with Crippen molar-refractivity contribution in [1.29, 1.82) is 0 Å². The molecule has 2 atom stereocenters. The van der Waals surface area contributed by atoms with Crippen molar-refractivity contribution in [3.63, 3.8) is 0 Å². The number of benzene rings is 2. The zero-order chi connectivity index (χ0) is 24.5. The molecule has 1 saturated heterocycles. The molecular weight excluding hydrogens is 448 g/mol. The monoisotopic (exact) mass is 476 g/mol. The van der Waals surface area contributed by atoms with Crippen LogP contribution in [-0.2, 0) is 16.1 Å². The van der Waals surface area contributed by atoms with Crippen LogP contribution in [0.4, 0.5) is 10.7 Å². The summed E-state index contributed by atoms with van der Waals surface area (Å²) in [6.45, 7) is 3.87. The Kier molecular flexibility index (Phi) is 6.12. The van der Waals surface area contributed by atoms with Crippen molar-refractivity contribution in [3.8, 4) is 17.1 Å². The third kappa shape index (κ3) is 3.99. The second-order valence-electron chi connectivity index (χ2n) is 8.53. The van der Waals surface area contributed by atoms with Gasteiger partial charge in [-0.3, -0.25) is 14.3 Å². The highest BCUT2D eigenvalue weighted by Crippen LogP contribution is 2.42. The van der Waals surface area contributed by atoms with Crippen molar-refractivity contribution >= 4 is 17.9 Å². The van der Waals surface area contributed by atoms with E-state index in [1.165, 1.54) is 7.05 Å². The molecule has 2 aliphatic heterocycles. The van der Waals surface area contributed by atoms with E-state index in [0.29, 0.717) is 38.1 Å². The molecule has 35 heavy (non-hydrogen) atoms. The smallest absolute Gasteiger partial charge is 0.327 e. The minimum Gasteiger partial charge on any atom is -0.489 e. The molecule has 3 aromatic rings. The number of nitrogens with zero attached hydrogens (tertiary/aromatic N) is 6. The SMILES string of the molecule is CCOCCN1c2nnc(-c3ccc(OCc4ccccc4)cc3)n2C2C1C(=O)N(C)C(=O)N2C. The average Bonchev–Trinajstić information content (AvgIpc) is 3.45. The Bertz CT molecular complexity index is 1210. The first-order chi connectivity index (χ1) is 17.0. The van der Waals surface area contributed by atoms with Gasteiger partial charge < -0.3 is 19.3 Å². The Hall–Kier alpha value is -3.92. The Balaban J connectivity index is 1.44. The van der Waals surface area contributed by atoms with Crippen molar-refractivity contribution in [1.82, 2.24) is 24.6 Å². The maximum absolute atomic E-state index is 13.2. The first-order valence-electron chi connectivity index (χ1n) is 11.6. The molecule has 2 aliphatic rings. The molecular formula is C25H28N6O4. The van der Waals surface area contributed by atoms with E-state index in [-0.39, 0.29) is 11.9 Å². The minimum atomic E-state index is -0.596. The minimum absolute atomic E-state index is 0.268. The zero-order valence-corrected chi connectivity index (χ0v) is 20.0. The molecule has 10 nitrogen and oxygen atoms in total. The van der Waals surface area contributed by atoms with Crippen molar-refractivity contribution in [2.45, 2.75) is 25.7 Å². The fraction of sp³-hybridized carbons (Fsp3) is 0.360. The molecule has 0 radical (unpaired) electrons. The third-order valence-corrected chi connectivity index (χ3v) is 6.43. The number of hydrogen-bond acceptors (Lipinski definition) is 7. The molecule has 2 unspecified atom stereocenters. The molecule has 10 heteroatoms. The molecule has 3 amide bonds. The number of aromatic nitrogens is 3. The highest BCUT2D eigenvalue weighted by Gasteiger charge is 2.54. The number of hydrogen-bond donors (Lipinski definition) is 0. The van der Waals surface area contributed by atoms with Crippen LogP contribution >= 0.6 is 0 Å². The summed E-state index contributed by atoms with van der Waals surface area (Å²) >= 11 is 0. The van der Waals surface area contributed by atoms with Crippen LogP contribution in [0.2, 0.25) is 0 Å². The van der Waals surface area contributed by atoms with Crippen LogP contribution in [-0.4, -0.2) is 76.4 Å². The molecule has 182 valence electrons. The number of carbonyl (C=O) groups is 2. The Morgan fingerprint density at radius 2 is 1.71 bits per heavy atom. The average molecular weight is 477 g/mol. The highest BCUT2D eigenvalue weighted by atomic mass is 16.5. The van der Waals surface area contributed by atoms with Crippen LogP contribution in [0.3, 0.4) is 0 Å². The van der Waals surface area contributed by atoms with E-state index in [1.54, 1.807) is 11.9 Å². The topological polar surface area (TPSA) is 93.0 Å². The van der Waals surface area contributed by atoms with Gasteiger partial charge in [0.25, 0.3) is 5.91 Å². The summed E-state index contributed by atoms with van der Waals surface area (Å²) in [4.78, 5) is 30.6. The molecule has 0 N–H and O–H groups in total. The van der Waals surface area contributed by atoms with Crippen molar-refractivity contribution in [3.05, 3.63) is 60.2 Å². The van der Waals surface area contributed by atoms with Gasteiger partial charge in [0.15, 0.2) is 11.9 Å². The number of likely N-dealkylation sites (N-methyl/N-ethyl adjacent to an activating group) is 2. The predicted molar refractivity (Wildman–Crippen MR) is 129 cm³/mol. The number of ether oxygens (including phenoxy) is 2. The first-order valence-corrected chi connectivity index (χ1v) is 11.6. The van der Waals surface area contributed by atoms with Crippen LogP contribution in [0.15, 0.2) is 54.6 Å². The number of fused-ring (bicyclic) bond motifs is 3. The van der Waals surface area contributed by atoms with Crippen LogP contribution in [0.5, 0.6) is 5.75 Å². The molecule has 2 aromatic carbocycles. The molecule has 1 aromatic heterocycles. The predicted octanol–water partition coefficient (Wildman–Crippen LogP) is 2.77. The number of imide groups is 1. The van der Waals surface area contributed by atoms with E-state index in [0.717, 1.165) is 21.8 Å². The summed E-state index contributed by atoms with van der Waals surface area (Å²) in [6, 6.07) is 16.6. The maximum Gasteiger partial charge on any atom is 0.327 e. The lowest BCUT2D eigenvalue weighted by Crippen LogP contribution is -2.61. The Morgan fingerprint density at radius 3 is 2.43 bits per heavy atom. The summed E-state index contributed by atoms with van der Waals surface area (Å²) in [5.41, 5.74) is 1.90. The molecule has 0 bridgehead atoms. The molecule has 5 rings (SSSR count). The summed E-state index contributed by atoms with van der Waals surface area (Å²) in [6.07, 6.45) is -0.554. The van der Waals surface area contributed by atoms with Gasteiger partial charge in [-0.2, -0.15) is 0 Å². The summed E-state index contributed by atoms with van der Waals surface area (Å²) < 4.78 is 13.3. The summed E-state index contributed by atoms with van der Waals surface area (Å²) in [5.74, 6) is 1.59.